The summed E-state index contributed by atoms with van der Waals surface area (Å²) in [7, 11) is 1.58. The number of halogens is 1. The van der Waals surface area contributed by atoms with Crippen LogP contribution in [0.3, 0.4) is 0 Å². The molecule has 0 unspecified atom stereocenters. The molecule has 2 N–H and O–H groups in total. The average molecular weight is 324 g/mol. The van der Waals surface area contributed by atoms with E-state index in [0.717, 1.165) is 10.0 Å². The zero-order chi connectivity index (χ0) is 13.8. The van der Waals surface area contributed by atoms with E-state index in [1.165, 1.54) is 0 Å². The van der Waals surface area contributed by atoms with Gasteiger partial charge in [-0.3, -0.25) is 9.89 Å². The van der Waals surface area contributed by atoms with Crippen LogP contribution in [0.1, 0.15) is 28.9 Å². The fourth-order valence-electron chi connectivity index (χ4n) is 1.67. The first-order chi connectivity index (χ1) is 9.11. The summed E-state index contributed by atoms with van der Waals surface area (Å²) < 4.78 is 5.88. The molecule has 1 amide bonds. The van der Waals surface area contributed by atoms with Gasteiger partial charge in [0.05, 0.1) is 23.8 Å². The van der Waals surface area contributed by atoms with Gasteiger partial charge in [-0.2, -0.15) is 5.10 Å². The van der Waals surface area contributed by atoms with Gasteiger partial charge in [-0.1, -0.05) is 0 Å². The number of amides is 1. The van der Waals surface area contributed by atoms with E-state index in [1.54, 1.807) is 37.7 Å². The number of benzene rings is 1. The number of carbonyl (C=O) groups is 1. The van der Waals surface area contributed by atoms with Crippen LogP contribution in [0.4, 0.5) is 0 Å². The van der Waals surface area contributed by atoms with Gasteiger partial charge in [0, 0.05) is 17.3 Å². The smallest absolute Gasteiger partial charge is 0.251 e. The molecule has 100 valence electrons. The monoisotopic (exact) mass is 323 g/mol. The van der Waals surface area contributed by atoms with Crippen molar-refractivity contribution in [3.05, 3.63) is 46.2 Å². The van der Waals surface area contributed by atoms with Gasteiger partial charge in [0.25, 0.3) is 5.91 Å². The second-order valence-electron chi connectivity index (χ2n) is 4.08. The number of nitrogens with one attached hydrogen (secondary N) is 2. The van der Waals surface area contributed by atoms with Gasteiger partial charge < -0.3 is 10.1 Å². The van der Waals surface area contributed by atoms with Crippen molar-refractivity contribution in [3.8, 4) is 5.75 Å². The molecule has 0 aliphatic carbocycles. The lowest BCUT2D eigenvalue weighted by Gasteiger charge is -2.12. The SMILES string of the molecule is COc1ccc(C(=O)N[C@H](C)c2cn[nH]c2)cc1Br. The van der Waals surface area contributed by atoms with E-state index in [-0.39, 0.29) is 11.9 Å². The van der Waals surface area contributed by atoms with Gasteiger partial charge in [-0.25, -0.2) is 0 Å². The lowest BCUT2D eigenvalue weighted by Crippen LogP contribution is -2.26. The predicted molar refractivity (Wildman–Crippen MR) is 75.2 cm³/mol. The van der Waals surface area contributed by atoms with Crippen LogP contribution in [-0.2, 0) is 0 Å². The Morgan fingerprint density at radius 3 is 2.89 bits per heavy atom. The third kappa shape index (κ3) is 3.14. The summed E-state index contributed by atoms with van der Waals surface area (Å²) >= 11 is 3.36. The standard InChI is InChI=1S/C13H14BrN3O2/c1-8(10-6-15-16-7-10)17-13(18)9-3-4-12(19-2)11(14)5-9/h3-8H,1-2H3,(H,15,16)(H,17,18)/t8-/m1/s1. The van der Waals surface area contributed by atoms with E-state index < -0.39 is 0 Å². The summed E-state index contributed by atoms with van der Waals surface area (Å²) in [6.07, 6.45) is 3.45. The van der Waals surface area contributed by atoms with Crippen LogP contribution in [0.5, 0.6) is 5.75 Å². The molecule has 19 heavy (non-hydrogen) atoms. The summed E-state index contributed by atoms with van der Waals surface area (Å²) in [5.74, 6) is 0.552. The van der Waals surface area contributed by atoms with Crippen LogP contribution in [-0.4, -0.2) is 23.2 Å². The minimum absolute atomic E-state index is 0.105. The number of aromatic amines is 1. The number of carbonyl (C=O) groups excluding carboxylic acids is 1. The molecule has 0 aliphatic heterocycles. The molecule has 1 aromatic carbocycles. The quantitative estimate of drug-likeness (QED) is 0.909. The molecule has 0 radical (unpaired) electrons. The van der Waals surface area contributed by atoms with Crippen LogP contribution in [0.15, 0.2) is 35.1 Å². The van der Waals surface area contributed by atoms with Crippen LogP contribution in [0.25, 0.3) is 0 Å². The molecule has 0 fully saturated rings. The van der Waals surface area contributed by atoms with Gasteiger partial charge in [0.1, 0.15) is 5.75 Å². The first kappa shape index (κ1) is 13.6. The van der Waals surface area contributed by atoms with Crippen molar-refractivity contribution < 1.29 is 9.53 Å². The highest BCUT2D eigenvalue weighted by atomic mass is 79.9. The molecule has 0 saturated heterocycles. The first-order valence-electron chi connectivity index (χ1n) is 5.75. The zero-order valence-corrected chi connectivity index (χ0v) is 12.2. The van der Waals surface area contributed by atoms with Crippen LogP contribution < -0.4 is 10.1 Å². The van der Waals surface area contributed by atoms with Crippen LogP contribution in [0, 0.1) is 0 Å². The molecule has 0 bridgehead atoms. The zero-order valence-electron chi connectivity index (χ0n) is 10.6. The summed E-state index contributed by atoms with van der Waals surface area (Å²) in [6.45, 7) is 1.90. The molecule has 1 heterocycles. The molecule has 0 saturated carbocycles. The highest BCUT2D eigenvalue weighted by Gasteiger charge is 2.13. The van der Waals surface area contributed by atoms with Crippen molar-refractivity contribution in [1.29, 1.82) is 0 Å². The van der Waals surface area contributed by atoms with Crippen molar-refractivity contribution in [2.24, 2.45) is 0 Å². The lowest BCUT2D eigenvalue weighted by atomic mass is 10.1. The number of aromatic nitrogens is 2. The van der Waals surface area contributed by atoms with E-state index in [0.29, 0.717) is 11.3 Å². The maximum atomic E-state index is 12.1. The second kappa shape index (κ2) is 5.88. The molecular weight excluding hydrogens is 310 g/mol. The van der Waals surface area contributed by atoms with Gasteiger partial charge in [-0.15, -0.1) is 0 Å². The Labute approximate surface area is 119 Å². The fraction of sp³-hybridized carbons (Fsp3) is 0.231. The van der Waals surface area contributed by atoms with E-state index in [9.17, 15) is 4.79 Å². The maximum absolute atomic E-state index is 12.1. The molecule has 2 rings (SSSR count). The normalized spacial score (nSPS) is 11.9. The van der Waals surface area contributed by atoms with E-state index in [1.807, 2.05) is 6.92 Å². The van der Waals surface area contributed by atoms with Crippen LogP contribution >= 0.6 is 15.9 Å². The van der Waals surface area contributed by atoms with Gasteiger partial charge in [-0.05, 0) is 41.1 Å². The number of ether oxygens (including phenoxy) is 1. The summed E-state index contributed by atoms with van der Waals surface area (Å²) in [6, 6.07) is 5.10. The first-order valence-corrected chi connectivity index (χ1v) is 6.54. The Kier molecular flexibility index (Phi) is 4.21. The number of rotatable bonds is 4. The summed E-state index contributed by atoms with van der Waals surface area (Å²) in [5.41, 5.74) is 1.50. The van der Waals surface area contributed by atoms with Crippen molar-refractivity contribution in [2.75, 3.05) is 7.11 Å². The van der Waals surface area contributed by atoms with Crippen molar-refractivity contribution in [2.45, 2.75) is 13.0 Å². The third-order valence-corrected chi connectivity index (χ3v) is 3.40. The Balaban J connectivity index is 2.10. The predicted octanol–water partition coefficient (Wildman–Crippen LogP) is 2.67. The van der Waals surface area contributed by atoms with Crippen molar-refractivity contribution >= 4 is 21.8 Å². The van der Waals surface area contributed by atoms with Gasteiger partial charge in [0.15, 0.2) is 0 Å². The molecule has 1 aromatic heterocycles. The molecule has 5 nitrogen and oxygen atoms in total. The van der Waals surface area contributed by atoms with Crippen molar-refractivity contribution in [1.82, 2.24) is 15.5 Å². The molecule has 1 atom stereocenters. The minimum atomic E-state index is -0.142. The Morgan fingerprint density at radius 1 is 1.53 bits per heavy atom. The Bertz CT molecular complexity index is 569. The highest BCUT2D eigenvalue weighted by Crippen LogP contribution is 2.25. The topological polar surface area (TPSA) is 67.0 Å². The Morgan fingerprint density at radius 2 is 2.32 bits per heavy atom. The van der Waals surface area contributed by atoms with Gasteiger partial charge in [0.2, 0.25) is 0 Å². The number of H-pyrrole nitrogens is 1. The number of nitrogens with zero attached hydrogens (tertiary/aromatic N) is 1. The minimum Gasteiger partial charge on any atom is -0.496 e. The molecule has 0 spiro atoms. The Hall–Kier alpha value is -1.82. The number of hydrogen-bond donors (Lipinski definition) is 2. The second-order valence-corrected chi connectivity index (χ2v) is 4.93. The van der Waals surface area contributed by atoms with Crippen LogP contribution in [0.2, 0.25) is 0 Å². The van der Waals surface area contributed by atoms with E-state index >= 15 is 0 Å². The summed E-state index contributed by atoms with van der Waals surface area (Å²) in [4.78, 5) is 12.1. The van der Waals surface area contributed by atoms with E-state index in [2.05, 4.69) is 31.4 Å². The number of methoxy groups -OCH3 is 1. The lowest BCUT2D eigenvalue weighted by molar-refractivity contribution is 0.0940. The number of hydrogen-bond acceptors (Lipinski definition) is 3. The maximum Gasteiger partial charge on any atom is 0.251 e. The average Bonchev–Trinajstić information content (AvgIpc) is 2.92. The third-order valence-electron chi connectivity index (χ3n) is 2.78. The molecule has 0 aliphatic rings. The molecular formula is C13H14BrN3O2. The van der Waals surface area contributed by atoms with Gasteiger partial charge >= 0.3 is 0 Å². The molecule has 2 aromatic rings. The summed E-state index contributed by atoms with van der Waals surface area (Å²) in [5, 5.41) is 9.48. The largest absolute Gasteiger partial charge is 0.496 e. The van der Waals surface area contributed by atoms with Crippen molar-refractivity contribution in [3.63, 3.8) is 0 Å². The fourth-order valence-corrected chi connectivity index (χ4v) is 2.21. The van der Waals surface area contributed by atoms with E-state index in [4.69, 9.17) is 4.74 Å². The highest BCUT2D eigenvalue weighted by molar-refractivity contribution is 9.10. The molecule has 6 heteroatoms.